The minimum Gasteiger partial charge on any atom is -0.477 e. The molecule has 3 aromatic rings. The van der Waals surface area contributed by atoms with E-state index in [9.17, 15) is 14.4 Å². The molecule has 0 saturated carbocycles. The molecule has 4 rings (SSSR count). The van der Waals surface area contributed by atoms with Gasteiger partial charge in [0.1, 0.15) is 5.69 Å². The van der Waals surface area contributed by atoms with Gasteiger partial charge in [-0.1, -0.05) is 24.6 Å². The van der Waals surface area contributed by atoms with Gasteiger partial charge < -0.3 is 15.8 Å². The molecule has 0 amide bonds. The minimum atomic E-state index is -1.34. The van der Waals surface area contributed by atoms with Crippen LogP contribution in [-0.4, -0.2) is 26.0 Å². The van der Waals surface area contributed by atoms with Crippen molar-refractivity contribution in [2.75, 3.05) is 5.73 Å². The number of nitrogens with zero attached hydrogens (tertiary/aromatic N) is 1. The Morgan fingerprint density at radius 3 is 2.61 bits per heavy atom. The van der Waals surface area contributed by atoms with Gasteiger partial charge in [0.05, 0.1) is 5.52 Å². The summed E-state index contributed by atoms with van der Waals surface area (Å²) in [4.78, 5) is 39.7. The Morgan fingerprint density at radius 1 is 1.14 bits per heavy atom. The fourth-order valence-electron chi connectivity index (χ4n) is 3.39. The summed E-state index contributed by atoms with van der Waals surface area (Å²) in [7, 11) is 0. The number of benzene rings is 1. The highest BCUT2D eigenvalue weighted by Gasteiger charge is 2.15. The lowest BCUT2D eigenvalue weighted by Gasteiger charge is -2.13. The third-order valence-corrected chi connectivity index (χ3v) is 4.78. The van der Waals surface area contributed by atoms with Crippen molar-refractivity contribution in [1.82, 2.24) is 15.0 Å². The number of aromatic nitrogens is 3. The molecule has 8 nitrogen and oxygen atoms in total. The van der Waals surface area contributed by atoms with E-state index in [1.165, 1.54) is 36.1 Å². The van der Waals surface area contributed by atoms with E-state index in [2.05, 4.69) is 25.1 Å². The number of aryl methyl sites for hydroxylation is 2. The largest absolute Gasteiger partial charge is 0.477 e. The number of rotatable bonds is 1. The Morgan fingerprint density at radius 2 is 1.89 bits per heavy atom. The summed E-state index contributed by atoms with van der Waals surface area (Å²) in [5.74, 6) is -1.34. The van der Waals surface area contributed by atoms with Crippen molar-refractivity contribution in [2.24, 2.45) is 0 Å². The molecule has 0 spiro atoms. The summed E-state index contributed by atoms with van der Waals surface area (Å²) in [5, 5.41) is 9.44. The van der Waals surface area contributed by atoms with Gasteiger partial charge in [0.2, 0.25) is 0 Å². The highest BCUT2D eigenvalue weighted by Crippen LogP contribution is 2.31. The number of nitrogen functional groups attached to an aromatic ring is 1. The molecule has 0 aliphatic heterocycles. The lowest BCUT2D eigenvalue weighted by molar-refractivity contribution is 0.0689. The summed E-state index contributed by atoms with van der Waals surface area (Å²) in [5.41, 5.74) is 10.2. The lowest BCUT2D eigenvalue weighted by atomic mass is 10.0. The monoisotopic (exact) mass is 382 g/mol. The predicted octanol–water partition coefficient (Wildman–Crippen LogP) is 2.16. The smallest absolute Gasteiger partial charge is 0.352 e. The van der Waals surface area contributed by atoms with Crippen LogP contribution in [0.4, 0.5) is 5.69 Å². The number of nitrogens with one attached hydrogen (secondary N) is 2. The molecule has 0 atom stereocenters. The summed E-state index contributed by atoms with van der Waals surface area (Å²) >= 11 is 0. The molecular formula is C20H22N4O4. The zero-order valence-corrected chi connectivity index (χ0v) is 15.5. The maximum absolute atomic E-state index is 10.5. The number of para-hydroxylation sites is 1. The SMILES string of the molecule is Cc1cccc2c(N)c3c(nc12)CCCCC3.O=C(O)c1cc(=O)[nH]c(=O)[nH]1. The Balaban J connectivity index is 0.000000178. The van der Waals surface area contributed by atoms with Crippen LogP contribution in [0, 0.1) is 6.92 Å². The van der Waals surface area contributed by atoms with Crippen LogP contribution >= 0.6 is 0 Å². The number of carboxylic acids is 1. The molecular weight excluding hydrogens is 360 g/mol. The highest BCUT2D eigenvalue weighted by atomic mass is 16.4. The Kier molecular flexibility index (Phi) is 5.58. The van der Waals surface area contributed by atoms with Gasteiger partial charge in [-0.3, -0.25) is 14.8 Å². The van der Waals surface area contributed by atoms with Crippen LogP contribution in [0.1, 0.15) is 46.6 Å². The van der Waals surface area contributed by atoms with Crippen LogP contribution in [0.5, 0.6) is 0 Å². The standard InChI is InChI=1S/C15H18N2.C5H4N2O4/c1-10-6-5-8-12-14(16)11-7-3-2-4-9-13(11)17-15(10)12;8-3-1-2(4(9)10)6-5(11)7-3/h5-6,8H,2-4,7,9H2,1H3,(H2,16,17);1H,(H,9,10)(H2,6,7,8,11). The first-order valence-corrected chi connectivity index (χ1v) is 9.10. The molecule has 5 N–H and O–H groups in total. The summed E-state index contributed by atoms with van der Waals surface area (Å²) < 4.78 is 0. The molecule has 2 aromatic heterocycles. The zero-order chi connectivity index (χ0) is 20.3. The number of carboxylic acid groups (broad SMARTS) is 1. The fourth-order valence-corrected chi connectivity index (χ4v) is 3.39. The average Bonchev–Trinajstić information content (AvgIpc) is 2.88. The van der Waals surface area contributed by atoms with Crippen LogP contribution in [0.25, 0.3) is 10.9 Å². The third kappa shape index (κ3) is 4.11. The van der Waals surface area contributed by atoms with Gasteiger partial charge in [0.25, 0.3) is 5.56 Å². The number of aromatic amines is 2. The Hall–Kier alpha value is -3.42. The third-order valence-electron chi connectivity index (χ3n) is 4.78. The fraction of sp³-hybridized carbons (Fsp3) is 0.300. The van der Waals surface area contributed by atoms with E-state index >= 15 is 0 Å². The van der Waals surface area contributed by atoms with E-state index in [1.807, 2.05) is 9.97 Å². The van der Waals surface area contributed by atoms with Crippen molar-refractivity contribution in [2.45, 2.75) is 39.0 Å². The Labute approximate surface area is 160 Å². The zero-order valence-electron chi connectivity index (χ0n) is 15.5. The normalized spacial score (nSPS) is 13.2. The van der Waals surface area contributed by atoms with Crippen LogP contribution in [0.3, 0.4) is 0 Å². The lowest BCUT2D eigenvalue weighted by Crippen LogP contribution is -2.24. The van der Waals surface area contributed by atoms with Crippen LogP contribution < -0.4 is 17.0 Å². The number of aromatic carboxylic acids is 1. The predicted molar refractivity (Wildman–Crippen MR) is 107 cm³/mol. The van der Waals surface area contributed by atoms with Crippen LogP contribution in [-0.2, 0) is 12.8 Å². The van der Waals surface area contributed by atoms with Gasteiger partial charge >= 0.3 is 11.7 Å². The van der Waals surface area contributed by atoms with Crippen molar-refractivity contribution < 1.29 is 9.90 Å². The highest BCUT2D eigenvalue weighted by molar-refractivity contribution is 5.94. The van der Waals surface area contributed by atoms with Gasteiger partial charge in [-0.05, 0) is 43.7 Å². The van der Waals surface area contributed by atoms with E-state index in [0.717, 1.165) is 35.5 Å². The summed E-state index contributed by atoms with van der Waals surface area (Å²) in [6.45, 7) is 2.11. The molecule has 146 valence electrons. The molecule has 2 heterocycles. The van der Waals surface area contributed by atoms with Gasteiger partial charge in [0.15, 0.2) is 0 Å². The second-order valence-corrected chi connectivity index (χ2v) is 6.79. The number of pyridine rings is 1. The van der Waals surface area contributed by atoms with E-state index in [0.29, 0.717) is 0 Å². The Bertz CT molecular complexity index is 1120. The summed E-state index contributed by atoms with van der Waals surface area (Å²) in [6, 6.07) is 7.07. The topological polar surface area (TPSA) is 142 Å². The van der Waals surface area contributed by atoms with Gasteiger partial charge in [-0.15, -0.1) is 0 Å². The van der Waals surface area contributed by atoms with Crippen molar-refractivity contribution >= 4 is 22.6 Å². The quantitative estimate of drug-likeness (QED) is 0.475. The number of fused-ring (bicyclic) bond motifs is 2. The second kappa shape index (κ2) is 8.08. The molecule has 0 radical (unpaired) electrons. The van der Waals surface area contributed by atoms with E-state index in [1.54, 1.807) is 0 Å². The number of hydrogen-bond donors (Lipinski definition) is 4. The van der Waals surface area contributed by atoms with Gasteiger partial charge in [0, 0.05) is 22.8 Å². The molecule has 28 heavy (non-hydrogen) atoms. The molecule has 0 fully saturated rings. The minimum absolute atomic E-state index is 0.418. The average molecular weight is 382 g/mol. The maximum atomic E-state index is 10.5. The molecule has 1 aliphatic rings. The van der Waals surface area contributed by atoms with Crippen molar-refractivity contribution in [3.05, 3.63) is 67.6 Å². The number of hydrogen-bond acceptors (Lipinski definition) is 5. The van der Waals surface area contributed by atoms with E-state index in [-0.39, 0.29) is 0 Å². The molecule has 1 aliphatic carbocycles. The molecule has 0 unspecified atom stereocenters. The molecule has 1 aromatic carbocycles. The maximum Gasteiger partial charge on any atom is 0.352 e. The van der Waals surface area contributed by atoms with Crippen molar-refractivity contribution in [3.8, 4) is 0 Å². The number of anilines is 1. The number of carbonyl (C=O) groups is 1. The molecule has 8 heteroatoms. The van der Waals surface area contributed by atoms with Crippen LogP contribution in [0.15, 0.2) is 33.9 Å². The van der Waals surface area contributed by atoms with Crippen molar-refractivity contribution in [3.63, 3.8) is 0 Å². The first-order chi connectivity index (χ1) is 13.4. The summed E-state index contributed by atoms with van der Waals surface area (Å²) in [6.07, 6.45) is 5.97. The van der Waals surface area contributed by atoms with Crippen molar-refractivity contribution in [1.29, 1.82) is 0 Å². The molecule has 0 bridgehead atoms. The first kappa shape index (κ1) is 19.3. The van der Waals surface area contributed by atoms with E-state index in [4.69, 9.17) is 15.8 Å². The van der Waals surface area contributed by atoms with E-state index < -0.39 is 22.9 Å². The second-order valence-electron chi connectivity index (χ2n) is 6.79. The number of H-pyrrole nitrogens is 2. The first-order valence-electron chi connectivity index (χ1n) is 9.10. The van der Waals surface area contributed by atoms with Gasteiger partial charge in [-0.25, -0.2) is 9.59 Å². The van der Waals surface area contributed by atoms with Gasteiger partial charge in [-0.2, -0.15) is 0 Å². The van der Waals surface area contributed by atoms with Crippen LogP contribution in [0.2, 0.25) is 0 Å². The molecule has 0 saturated heterocycles. The number of nitrogens with two attached hydrogens (primary N) is 1.